The number of rotatable bonds is 8. The van der Waals surface area contributed by atoms with Crippen molar-refractivity contribution in [3.05, 3.63) is 31.4 Å². The Kier molecular flexibility index (Phi) is 20.3. The van der Waals surface area contributed by atoms with Crippen molar-refractivity contribution in [3.63, 3.8) is 0 Å². The van der Waals surface area contributed by atoms with Crippen LogP contribution in [0.5, 0.6) is 0 Å². The molecule has 10 heteroatoms. The minimum Gasteiger partial charge on any atom is -0.544 e. The van der Waals surface area contributed by atoms with E-state index in [-0.39, 0.29) is 157 Å². The van der Waals surface area contributed by atoms with E-state index < -0.39 is 17.8 Å². The van der Waals surface area contributed by atoms with Crippen LogP contribution in [0.3, 0.4) is 0 Å². The second-order valence-corrected chi connectivity index (χ2v) is 24.1. The van der Waals surface area contributed by atoms with E-state index in [1.54, 1.807) is 5.57 Å². The SMILES string of the molecule is CCC1O[C@@H](OC2[C@H](O[C@H]3CCC4(C)C5CC=C6C7CC(C)(C)CC[C@]7([C-]=O)[CH-]C[C@H]6[C@@]5(C)CC[C@H]4[C-]3C)OC(C)[C@@H](C)[C@@H]2O[C@@H]2O[C@@H](C)[C@H](C)C(C)C2C)C(C)[C@@H](C)[C@H]1C.[CH3-].[V].[W].[Y]. The van der Waals surface area contributed by atoms with Crippen LogP contribution in [0.15, 0.2) is 11.6 Å². The Morgan fingerprint density at radius 1 is 0.723 bits per heavy atom. The summed E-state index contributed by atoms with van der Waals surface area (Å²) in [5.74, 6) is 5.73. The molecule has 5 aliphatic carbocycles. The first-order chi connectivity index (χ1) is 28.7. The second kappa shape index (κ2) is 22.3. The first kappa shape index (κ1) is 59.1. The molecular weight excluding hydrogens is 1100 g/mol. The zero-order valence-corrected chi connectivity index (χ0v) is 50.7. The minimum absolute atomic E-state index is 0. The number of hydrogen-bond acceptors (Lipinski definition) is 7. The molecule has 0 aromatic heterocycles. The van der Waals surface area contributed by atoms with Crippen LogP contribution in [0, 0.1) is 107 Å². The van der Waals surface area contributed by atoms with Gasteiger partial charge in [0.25, 0.3) is 0 Å². The molecule has 0 bridgehead atoms. The molecule has 65 heavy (non-hydrogen) atoms. The Balaban J connectivity index is 0.00000231. The molecule has 7 fully saturated rings. The maximum atomic E-state index is 12.8. The van der Waals surface area contributed by atoms with Gasteiger partial charge in [-0.1, -0.05) is 138 Å². The molecule has 4 saturated carbocycles. The van der Waals surface area contributed by atoms with Gasteiger partial charge in [-0.3, -0.25) is 17.6 Å². The van der Waals surface area contributed by atoms with E-state index in [4.69, 9.17) is 28.4 Å². The fourth-order valence-corrected chi connectivity index (χ4v) is 15.3. The Morgan fingerprint density at radius 2 is 1.31 bits per heavy atom. The van der Waals surface area contributed by atoms with Crippen molar-refractivity contribution in [2.45, 2.75) is 224 Å². The summed E-state index contributed by atoms with van der Waals surface area (Å²) in [6, 6.07) is 0. The smallest absolute Gasteiger partial charge is 0.184 e. The molecule has 8 rings (SSSR count). The van der Waals surface area contributed by atoms with E-state index >= 15 is 0 Å². The summed E-state index contributed by atoms with van der Waals surface area (Å²) in [6.45, 7) is 35.2. The van der Waals surface area contributed by atoms with Gasteiger partial charge < -0.3 is 47.1 Å². The summed E-state index contributed by atoms with van der Waals surface area (Å²) in [4.78, 5) is 12.8. The molecule has 0 amide bonds. The van der Waals surface area contributed by atoms with Gasteiger partial charge in [0.15, 0.2) is 18.9 Å². The van der Waals surface area contributed by atoms with Crippen LogP contribution in [0.25, 0.3) is 0 Å². The van der Waals surface area contributed by atoms with Crippen molar-refractivity contribution in [1.29, 1.82) is 0 Å². The Hall–Kier alpha value is 1.55. The van der Waals surface area contributed by atoms with Crippen LogP contribution in [0.2, 0.25) is 0 Å². The van der Waals surface area contributed by atoms with Crippen molar-refractivity contribution < 1.29 is 106 Å². The van der Waals surface area contributed by atoms with E-state index in [9.17, 15) is 4.79 Å². The molecule has 9 unspecified atom stereocenters. The van der Waals surface area contributed by atoms with Crippen LogP contribution in [-0.4, -0.2) is 61.8 Å². The van der Waals surface area contributed by atoms with Crippen LogP contribution in [0.1, 0.15) is 168 Å². The molecule has 0 spiro atoms. The number of fused-ring (bicyclic) bond motifs is 7. The third kappa shape index (κ3) is 10.4. The molecule has 0 aromatic carbocycles. The molecule has 3 saturated heterocycles. The summed E-state index contributed by atoms with van der Waals surface area (Å²) in [7, 11) is 0. The van der Waals surface area contributed by atoms with Crippen LogP contribution in [0.4, 0.5) is 0 Å². The van der Waals surface area contributed by atoms with Gasteiger partial charge in [-0.25, -0.2) is 0 Å². The van der Waals surface area contributed by atoms with E-state index in [0.717, 1.165) is 51.4 Å². The number of hydrogen-bond donors (Lipinski definition) is 0. The van der Waals surface area contributed by atoms with Crippen LogP contribution >= 0.6 is 0 Å². The Morgan fingerprint density at radius 3 is 1.95 bits per heavy atom. The molecule has 2 radical (unpaired) electrons. The van der Waals surface area contributed by atoms with Gasteiger partial charge in [0, 0.05) is 90.1 Å². The Labute approximate surface area is 449 Å². The van der Waals surface area contributed by atoms with Crippen molar-refractivity contribution in [1.82, 2.24) is 0 Å². The van der Waals surface area contributed by atoms with Gasteiger partial charge in [0.1, 0.15) is 6.10 Å². The topological polar surface area (TPSA) is 72.5 Å². The summed E-state index contributed by atoms with van der Waals surface area (Å²) >= 11 is 0. The first-order valence-corrected chi connectivity index (χ1v) is 25.4. The van der Waals surface area contributed by atoms with Gasteiger partial charge in [0.05, 0.1) is 24.4 Å². The van der Waals surface area contributed by atoms with Gasteiger partial charge in [-0.2, -0.15) is 19.3 Å². The molecule has 0 N–H and O–H groups in total. The van der Waals surface area contributed by atoms with E-state index in [0.29, 0.717) is 47.3 Å². The average Bonchev–Trinajstić information content (AvgIpc) is 3.22. The monoisotopic (exact) mass is 1190 g/mol. The normalized spacial score (nSPS) is 51.6. The molecule has 370 valence electrons. The fraction of sp³-hybridized carbons (Fsp3) is 0.891. The fourth-order valence-electron chi connectivity index (χ4n) is 15.3. The maximum Gasteiger partial charge on any atom is 0.184 e. The van der Waals surface area contributed by atoms with Gasteiger partial charge >= 0.3 is 0 Å². The zero-order chi connectivity index (χ0) is 44.1. The van der Waals surface area contributed by atoms with Gasteiger partial charge in [-0.15, -0.1) is 0 Å². The molecule has 0 aromatic rings. The quantitative estimate of drug-likeness (QED) is 0.136. The zero-order valence-electron chi connectivity index (χ0n) is 43.6. The predicted molar refractivity (Wildman–Crippen MR) is 248 cm³/mol. The average molecular weight is 1190 g/mol. The number of ether oxygens (including phenoxy) is 6. The molecule has 23 atom stereocenters. The van der Waals surface area contributed by atoms with Gasteiger partial charge in [0.2, 0.25) is 0 Å². The maximum absolute atomic E-state index is 12.8. The van der Waals surface area contributed by atoms with E-state index in [1.165, 1.54) is 18.8 Å². The number of allylic oxidation sites excluding steroid dienone is 2. The van der Waals surface area contributed by atoms with Crippen molar-refractivity contribution >= 4 is 6.29 Å². The van der Waals surface area contributed by atoms with E-state index in [2.05, 4.69) is 123 Å². The third-order valence-corrected chi connectivity index (χ3v) is 20.7. The van der Waals surface area contributed by atoms with Crippen LogP contribution in [-0.2, 0) is 106 Å². The van der Waals surface area contributed by atoms with Crippen LogP contribution < -0.4 is 0 Å². The standard InChI is InChI=1S/C54H87O7.CH3.V.W.Y/c1-16-43-32(5)30(3)34(7)49(58-43)61-47-46(60-48-33(6)29(2)31(4)37(10)56-48)35(8)38(11)57-50(47)59-44-21-23-52(14)40(36(44)9)19-22-53(15)41-20-24-54(28-55)26-25-51(12,13)27-42(54)39(41)17-18-45(52)53;;;;/h17,24,29-35,37-38,40-50H,16,18-23,25-27H2,1-15H3;1H3;;;/q-3;-1;;;/t29?,30-,31+,32+,33?,34?,35+,37-,38?,40-,41+,42?,43?,44-,45?,46-,47?,48-,49-,50-,52?,53+,54-;;;;/m0..../s1. The minimum atomic E-state index is -0.597. The molecule has 7 nitrogen and oxygen atoms in total. The predicted octanol–water partition coefficient (Wildman–Crippen LogP) is 12.6. The largest absolute Gasteiger partial charge is 0.544 e. The second-order valence-electron chi connectivity index (χ2n) is 24.1. The molecule has 3 aliphatic heterocycles. The Bertz CT molecular complexity index is 1610. The summed E-state index contributed by atoms with van der Waals surface area (Å²) < 4.78 is 42.4. The van der Waals surface area contributed by atoms with Gasteiger partial charge in [-0.05, 0) is 92.3 Å². The van der Waals surface area contributed by atoms with Crippen molar-refractivity contribution in [2.75, 3.05) is 0 Å². The molecular formula is C55H90O7VWY-4. The van der Waals surface area contributed by atoms with E-state index in [1.807, 2.05) is 0 Å². The summed E-state index contributed by atoms with van der Waals surface area (Å²) in [5.41, 5.74) is 1.87. The summed E-state index contributed by atoms with van der Waals surface area (Å²) in [6.07, 6.45) is 16.5. The van der Waals surface area contributed by atoms with Crippen molar-refractivity contribution in [3.8, 4) is 0 Å². The first-order valence-electron chi connectivity index (χ1n) is 25.4. The van der Waals surface area contributed by atoms with Crippen molar-refractivity contribution in [2.24, 2.45) is 86.8 Å². The number of carbonyl (C=O) groups excluding carboxylic acids is 1. The molecule has 3 heterocycles. The third-order valence-electron chi connectivity index (χ3n) is 20.7. The molecule has 8 aliphatic rings. The summed E-state index contributed by atoms with van der Waals surface area (Å²) in [5, 5.41) is 0.